The molecule has 0 atom stereocenters. The van der Waals surface area contributed by atoms with Crippen LogP contribution in [0.3, 0.4) is 0 Å². The van der Waals surface area contributed by atoms with Crippen LogP contribution in [0, 0.1) is 0 Å². The first-order chi connectivity index (χ1) is 9.83. The van der Waals surface area contributed by atoms with Crippen LogP contribution in [0.1, 0.15) is 0 Å². The molecule has 0 aliphatic rings. The Morgan fingerprint density at radius 2 is 1.75 bits per heavy atom. The Hall–Kier alpha value is -2.95. The summed E-state index contributed by atoms with van der Waals surface area (Å²) >= 11 is 0. The molecule has 0 aliphatic carbocycles. The van der Waals surface area contributed by atoms with Crippen LogP contribution in [0.2, 0.25) is 0 Å². The van der Waals surface area contributed by atoms with Gasteiger partial charge in [0.05, 0.1) is 11.3 Å². The molecular formula is C15H12N4O. The highest BCUT2D eigenvalue weighted by atomic mass is 16.1. The Labute approximate surface area is 115 Å². The summed E-state index contributed by atoms with van der Waals surface area (Å²) in [5, 5.41) is 3.04. The van der Waals surface area contributed by atoms with Gasteiger partial charge in [0, 0.05) is 18.1 Å². The van der Waals surface area contributed by atoms with Gasteiger partial charge in [-0.3, -0.25) is 14.8 Å². The fourth-order valence-corrected chi connectivity index (χ4v) is 1.82. The molecule has 2 aromatic heterocycles. The summed E-state index contributed by atoms with van der Waals surface area (Å²) in [5.41, 5.74) is 1.69. The minimum atomic E-state index is -0.225. The van der Waals surface area contributed by atoms with E-state index >= 15 is 0 Å². The van der Waals surface area contributed by atoms with Crippen molar-refractivity contribution in [2.75, 3.05) is 5.32 Å². The molecule has 3 rings (SSSR count). The number of para-hydroxylation sites is 1. The zero-order valence-corrected chi connectivity index (χ0v) is 10.6. The van der Waals surface area contributed by atoms with Gasteiger partial charge < -0.3 is 5.32 Å². The van der Waals surface area contributed by atoms with Crippen LogP contribution in [0.4, 0.5) is 11.6 Å². The van der Waals surface area contributed by atoms with Crippen molar-refractivity contribution in [2.24, 2.45) is 0 Å². The van der Waals surface area contributed by atoms with Gasteiger partial charge in [0.1, 0.15) is 0 Å². The van der Waals surface area contributed by atoms with Crippen molar-refractivity contribution in [3.05, 3.63) is 71.3 Å². The third-order valence-electron chi connectivity index (χ3n) is 2.78. The fourth-order valence-electron chi connectivity index (χ4n) is 1.82. The van der Waals surface area contributed by atoms with E-state index in [9.17, 15) is 4.79 Å². The number of pyridine rings is 1. The summed E-state index contributed by atoms with van der Waals surface area (Å²) < 4.78 is 0. The van der Waals surface area contributed by atoms with Gasteiger partial charge >= 0.3 is 0 Å². The van der Waals surface area contributed by atoms with E-state index in [4.69, 9.17) is 0 Å². The van der Waals surface area contributed by atoms with Crippen molar-refractivity contribution >= 4 is 11.6 Å². The van der Waals surface area contributed by atoms with Gasteiger partial charge in [0.25, 0.3) is 5.56 Å². The van der Waals surface area contributed by atoms with Crippen molar-refractivity contribution in [2.45, 2.75) is 0 Å². The van der Waals surface area contributed by atoms with Crippen LogP contribution in [0.5, 0.6) is 0 Å². The van der Waals surface area contributed by atoms with Crippen molar-refractivity contribution in [3.63, 3.8) is 0 Å². The number of anilines is 2. The molecule has 0 aliphatic heterocycles. The van der Waals surface area contributed by atoms with Gasteiger partial charge in [0.2, 0.25) is 5.95 Å². The second-order valence-electron chi connectivity index (χ2n) is 4.18. The van der Waals surface area contributed by atoms with Gasteiger partial charge in [-0.05, 0) is 24.3 Å². The number of nitrogens with zero attached hydrogens (tertiary/aromatic N) is 2. The summed E-state index contributed by atoms with van der Waals surface area (Å²) in [4.78, 5) is 23.1. The van der Waals surface area contributed by atoms with Crippen molar-refractivity contribution < 1.29 is 0 Å². The maximum atomic E-state index is 12.1. The smallest absolute Gasteiger partial charge is 0.261 e. The average Bonchev–Trinajstić information content (AvgIpc) is 2.49. The molecular weight excluding hydrogens is 252 g/mol. The molecule has 0 radical (unpaired) electrons. The Morgan fingerprint density at radius 3 is 2.45 bits per heavy atom. The molecule has 0 bridgehead atoms. The number of hydrogen-bond acceptors (Lipinski definition) is 4. The van der Waals surface area contributed by atoms with E-state index in [1.165, 1.54) is 6.20 Å². The zero-order chi connectivity index (χ0) is 13.8. The third kappa shape index (κ3) is 2.56. The normalized spacial score (nSPS) is 10.2. The summed E-state index contributed by atoms with van der Waals surface area (Å²) in [6.07, 6.45) is 3.16. The van der Waals surface area contributed by atoms with Crippen molar-refractivity contribution in [1.82, 2.24) is 15.0 Å². The topological polar surface area (TPSA) is 70.7 Å². The number of rotatable bonds is 3. The highest BCUT2D eigenvalue weighted by Gasteiger charge is 2.06. The van der Waals surface area contributed by atoms with E-state index in [2.05, 4.69) is 20.3 Å². The van der Waals surface area contributed by atoms with Crippen molar-refractivity contribution in [1.29, 1.82) is 0 Å². The van der Waals surface area contributed by atoms with Gasteiger partial charge in [-0.25, -0.2) is 4.98 Å². The molecule has 0 spiro atoms. The first kappa shape index (κ1) is 12.1. The number of nitrogens with one attached hydrogen (secondary N) is 2. The number of benzene rings is 1. The second-order valence-corrected chi connectivity index (χ2v) is 4.18. The Balaban J connectivity index is 1.91. The Morgan fingerprint density at radius 1 is 0.950 bits per heavy atom. The lowest BCUT2D eigenvalue weighted by Crippen LogP contribution is -2.13. The van der Waals surface area contributed by atoms with Crippen LogP contribution < -0.4 is 10.9 Å². The molecule has 0 unspecified atom stereocenters. The zero-order valence-electron chi connectivity index (χ0n) is 10.6. The van der Waals surface area contributed by atoms with E-state index in [1.54, 1.807) is 18.3 Å². The molecule has 2 heterocycles. The van der Waals surface area contributed by atoms with E-state index in [-0.39, 0.29) is 5.56 Å². The maximum absolute atomic E-state index is 12.1. The Bertz CT molecular complexity index is 754. The first-order valence-electron chi connectivity index (χ1n) is 6.16. The van der Waals surface area contributed by atoms with Crippen molar-refractivity contribution in [3.8, 4) is 11.3 Å². The quantitative estimate of drug-likeness (QED) is 0.762. The van der Waals surface area contributed by atoms with E-state index in [1.807, 2.05) is 36.4 Å². The molecule has 0 saturated heterocycles. The highest BCUT2D eigenvalue weighted by Crippen LogP contribution is 2.13. The Kier molecular flexibility index (Phi) is 3.24. The van der Waals surface area contributed by atoms with Crippen LogP contribution in [-0.2, 0) is 0 Å². The molecule has 0 saturated carbocycles. The lowest BCUT2D eigenvalue weighted by atomic mass is 10.2. The van der Waals surface area contributed by atoms with Crippen LogP contribution >= 0.6 is 0 Å². The average molecular weight is 264 g/mol. The van der Waals surface area contributed by atoms with Gasteiger partial charge in [-0.1, -0.05) is 24.3 Å². The predicted molar refractivity (Wildman–Crippen MR) is 77.8 cm³/mol. The molecule has 1 aromatic carbocycles. The standard InChI is InChI=1S/C15H12N4O/c20-14-12(13-8-4-5-9-16-13)10-17-15(19-14)18-11-6-2-1-3-7-11/h1-10H,(H2,17,18,19,20). The number of H-pyrrole nitrogens is 1. The van der Waals surface area contributed by atoms with E-state index in [0.29, 0.717) is 17.2 Å². The minimum Gasteiger partial charge on any atom is -0.326 e. The molecule has 98 valence electrons. The molecule has 0 fully saturated rings. The summed E-state index contributed by atoms with van der Waals surface area (Å²) in [6, 6.07) is 14.9. The summed E-state index contributed by atoms with van der Waals surface area (Å²) in [5.74, 6) is 0.404. The number of hydrogen-bond donors (Lipinski definition) is 2. The summed E-state index contributed by atoms with van der Waals surface area (Å²) in [6.45, 7) is 0. The van der Waals surface area contributed by atoms with Crippen LogP contribution in [0.15, 0.2) is 65.7 Å². The monoisotopic (exact) mass is 264 g/mol. The minimum absolute atomic E-state index is 0.225. The number of aromatic nitrogens is 3. The highest BCUT2D eigenvalue weighted by molar-refractivity contribution is 5.58. The predicted octanol–water partition coefficient (Wildman–Crippen LogP) is 2.58. The third-order valence-corrected chi connectivity index (χ3v) is 2.78. The SMILES string of the molecule is O=c1[nH]c(Nc2ccccc2)ncc1-c1ccccn1. The molecule has 5 heteroatoms. The fraction of sp³-hybridized carbons (Fsp3) is 0. The number of aromatic amines is 1. The second kappa shape index (κ2) is 5.36. The summed E-state index contributed by atoms with van der Waals surface area (Å²) in [7, 11) is 0. The van der Waals surface area contributed by atoms with Gasteiger partial charge in [0.15, 0.2) is 0 Å². The van der Waals surface area contributed by atoms with Gasteiger partial charge in [-0.15, -0.1) is 0 Å². The lowest BCUT2D eigenvalue weighted by Gasteiger charge is -2.05. The lowest BCUT2D eigenvalue weighted by molar-refractivity contribution is 1.11. The maximum Gasteiger partial charge on any atom is 0.261 e. The largest absolute Gasteiger partial charge is 0.326 e. The molecule has 0 amide bonds. The van der Waals surface area contributed by atoms with Gasteiger partial charge in [-0.2, -0.15) is 0 Å². The van der Waals surface area contributed by atoms with Crippen LogP contribution in [-0.4, -0.2) is 15.0 Å². The first-order valence-corrected chi connectivity index (χ1v) is 6.16. The van der Waals surface area contributed by atoms with Crippen LogP contribution in [0.25, 0.3) is 11.3 Å². The van der Waals surface area contributed by atoms with E-state index in [0.717, 1.165) is 5.69 Å². The molecule has 2 N–H and O–H groups in total. The van der Waals surface area contributed by atoms with E-state index < -0.39 is 0 Å². The molecule has 3 aromatic rings. The molecule has 5 nitrogen and oxygen atoms in total. The molecule has 20 heavy (non-hydrogen) atoms.